The van der Waals surface area contributed by atoms with Crippen LogP contribution in [-0.2, 0) is 14.0 Å². The molecule has 14 heteroatoms. The first-order valence-electron chi connectivity index (χ1n) is 14.7. The molecule has 0 fully saturated rings. The van der Waals surface area contributed by atoms with Crippen LogP contribution in [0.1, 0.15) is 31.3 Å². The number of aliphatic hydroxyl groups is 1. The Hall–Kier alpha value is -4.89. The van der Waals surface area contributed by atoms with E-state index in [-0.39, 0.29) is 12.2 Å². The van der Waals surface area contributed by atoms with Crippen LogP contribution in [0, 0.1) is 0 Å². The smallest absolute Gasteiger partial charge is 0.409 e. The molecule has 7 N–H and O–H groups in total. The normalized spacial score (nSPS) is 12.9. The van der Waals surface area contributed by atoms with Crippen LogP contribution in [0.25, 0.3) is 10.6 Å². The number of rotatable bonds is 13. The van der Waals surface area contributed by atoms with E-state index < -0.39 is 55.9 Å². The van der Waals surface area contributed by atoms with E-state index >= 15 is 0 Å². The Kier molecular flexibility index (Phi) is 11.3. The summed E-state index contributed by atoms with van der Waals surface area (Å²) in [6.45, 7) is 5.14. The van der Waals surface area contributed by atoms with Gasteiger partial charge in [-0.15, -0.1) is 11.3 Å². The highest BCUT2D eigenvalue weighted by Crippen LogP contribution is 2.37. The van der Waals surface area contributed by atoms with Gasteiger partial charge in [0.2, 0.25) is 5.91 Å². The van der Waals surface area contributed by atoms with E-state index in [2.05, 4.69) is 20.9 Å². The molecule has 0 aliphatic heterocycles. The van der Waals surface area contributed by atoms with E-state index in [1.165, 1.54) is 16.7 Å². The maximum Gasteiger partial charge on any atom is 0.409 e. The summed E-state index contributed by atoms with van der Waals surface area (Å²) in [5.74, 6) is -2.23. The quantitative estimate of drug-likeness (QED) is 0.116. The van der Waals surface area contributed by atoms with Crippen molar-refractivity contribution in [3.05, 3.63) is 96.0 Å². The number of amides is 3. The summed E-state index contributed by atoms with van der Waals surface area (Å²) in [7, 11) is -3.37. The molecule has 4 rings (SSSR count). The number of aliphatic hydroxyl groups excluding tert-OH is 1. The standard InChI is InChI=1S/C33H37N5O7SSi/c1-33(2,3)47(23-10-6-4-7-11-23,24-12-8-5-9-13-24)45-31(42)25(18-35-26(19-39)28(34)40)37-29(41)27-20-46-30(38-27)21-14-16-22(17-15-21)36-32(43)44/h4-17,20,25-26,35-36,39H,18-19H2,1-3H3,(H2,34,40)(H,37,41)(H,43,44)/t25-,26-/m0/s1. The first-order chi connectivity index (χ1) is 22.4. The SMILES string of the molecule is CC(C)(C)[Si](OC(=O)[C@H](CN[C@@H](CO)C(N)=O)NC(=O)c1csc(-c2ccc(NC(=O)O)cc2)n1)(c1ccccc1)c1ccccc1. The Bertz CT molecular complexity index is 1660. The number of carbonyl (C=O) groups excluding carboxylic acids is 3. The van der Waals surface area contributed by atoms with Crippen LogP contribution in [0.2, 0.25) is 5.04 Å². The van der Waals surface area contributed by atoms with Crippen molar-refractivity contribution in [1.82, 2.24) is 15.6 Å². The fourth-order valence-corrected chi connectivity index (χ4v) is 10.3. The number of anilines is 1. The number of nitrogens with zero attached hydrogens (tertiary/aromatic N) is 1. The van der Waals surface area contributed by atoms with Gasteiger partial charge in [-0.25, -0.2) is 9.78 Å². The number of nitrogens with two attached hydrogens (primary N) is 1. The minimum Gasteiger partial charge on any atom is -0.508 e. The van der Waals surface area contributed by atoms with Gasteiger partial charge in [0.1, 0.15) is 22.8 Å². The Morgan fingerprint density at radius 1 is 0.915 bits per heavy atom. The lowest BCUT2D eigenvalue weighted by molar-refractivity contribution is -0.137. The third-order valence-corrected chi connectivity index (χ3v) is 13.3. The Morgan fingerprint density at radius 3 is 1.98 bits per heavy atom. The van der Waals surface area contributed by atoms with Crippen LogP contribution in [0.15, 0.2) is 90.3 Å². The lowest BCUT2D eigenvalue weighted by Crippen LogP contribution is -2.69. The summed E-state index contributed by atoms with van der Waals surface area (Å²) in [6.07, 6.45) is -1.19. The third-order valence-electron chi connectivity index (χ3n) is 7.47. The number of nitrogens with one attached hydrogen (secondary N) is 3. The second kappa shape index (κ2) is 15.1. The zero-order valence-corrected chi connectivity index (χ0v) is 27.9. The van der Waals surface area contributed by atoms with Crippen molar-refractivity contribution in [2.45, 2.75) is 37.9 Å². The molecule has 0 radical (unpaired) electrons. The average Bonchev–Trinajstić information content (AvgIpc) is 3.54. The van der Waals surface area contributed by atoms with Crippen molar-refractivity contribution in [1.29, 1.82) is 0 Å². The molecule has 47 heavy (non-hydrogen) atoms. The monoisotopic (exact) mass is 675 g/mol. The Morgan fingerprint density at radius 2 is 1.49 bits per heavy atom. The molecule has 0 saturated carbocycles. The molecule has 3 aromatic carbocycles. The summed E-state index contributed by atoms with van der Waals surface area (Å²) in [4.78, 5) is 55.0. The molecule has 0 saturated heterocycles. The number of carbonyl (C=O) groups is 4. The molecule has 0 spiro atoms. The van der Waals surface area contributed by atoms with Gasteiger partial charge in [0, 0.05) is 23.2 Å². The first kappa shape index (κ1) is 35.0. The zero-order valence-electron chi connectivity index (χ0n) is 26.1. The minimum absolute atomic E-state index is 0.0367. The fourth-order valence-electron chi connectivity index (χ4n) is 5.14. The lowest BCUT2D eigenvalue weighted by atomic mass is 10.2. The predicted molar refractivity (Wildman–Crippen MR) is 182 cm³/mol. The number of thiazole rings is 1. The van der Waals surface area contributed by atoms with Crippen LogP contribution in [0.3, 0.4) is 0 Å². The number of benzene rings is 3. The summed E-state index contributed by atoms with van der Waals surface area (Å²) in [6, 6.07) is 23.0. The van der Waals surface area contributed by atoms with Gasteiger partial charge in [0.25, 0.3) is 5.91 Å². The van der Waals surface area contributed by atoms with Crippen LogP contribution >= 0.6 is 11.3 Å². The van der Waals surface area contributed by atoms with Gasteiger partial charge in [0.15, 0.2) is 0 Å². The highest BCUT2D eigenvalue weighted by atomic mass is 32.1. The largest absolute Gasteiger partial charge is 0.508 e. The summed E-state index contributed by atoms with van der Waals surface area (Å²) in [5, 5.41) is 29.5. The lowest BCUT2D eigenvalue weighted by Gasteiger charge is -2.42. The second-order valence-electron chi connectivity index (χ2n) is 11.7. The van der Waals surface area contributed by atoms with Crippen LogP contribution in [-0.4, -0.2) is 72.6 Å². The minimum atomic E-state index is -3.37. The number of carboxylic acid groups (broad SMARTS) is 1. The molecule has 0 unspecified atom stereocenters. The van der Waals surface area contributed by atoms with E-state index in [0.29, 0.717) is 16.3 Å². The second-order valence-corrected chi connectivity index (χ2v) is 16.8. The van der Waals surface area contributed by atoms with E-state index in [4.69, 9.17) is 15.3 Å². The Balaban J connectivity index is 1.66. The van der Waals surface area contributed by atoms with Gasteiger partial charge in [-0.1, -0.05) is 81.4 Å². The van der Waals surface area contributed by atoms with Crippen LogP contribution in [0.4, 0.5) is 10.5 Å². The summed E-state index contributed by atoms with van der Waals surface area (Å²) in [5.41, 5.74) is 6.47. The van der Waals surface area contributed by atoms with Crippen molar-refractivity contribution >= 4 is 59.6 Å². The van der Waals surface area contributed by atoms with E-state index in [1.54, 1.807) is 24.3 Å². The van der Waals surface area contributed by atoms with Gasteiger partial charge < -0.3 is 31.0 Å². The molecule has 1 aromatic heterocycles. The van der Waals surface area contributed by atoms with Gasteiger partial charge in [-0.2, -0.15) is 0 Å². The average molecular weight is 676 g/mol. The summed E-state index contributed by atoms with van der Waals surface area (Å²) >= 11 is 1.19. The molecular formula is C33H37N5O7SSi. The number of aromatic nitrogens is 1. The molecule has 2 atom stereocenters. The van der Waals surface area contributed by atoms with Crippen LogP contribution < -0.4 is 32.1 Å². The maximum atomic E-state index is 14.2. The van der Waals surface area contributed by atoms with Gasteiger partial charge in [0.05, 0.1) is 6.61 Å². The predicted octanol–water partition coefficient (Wildman–Crippen LogP) is 2.54. The molecule has 3 amide bonds. The molecule has 0 aliphatic carbocycles. The van der Waals surface area contributed by atoms with Crippen molar-refractivity contribution < 1.29 is 33.8 Å². The Labute approximate surface area is 277 Å². The van der Waals surface area contributed by atoms with Crippen molar-refractivity contribution in [2.75, 3.05) is 18.5 Å². The zero-order chi connectivity index (χ0) is 34.2. The molecule has 12 nitrogen and oxygen atoms in total. The topological polar surface area (TPSA) is 193 Å². The van der Waals surface area contributed by atoms with Gasteiger partial charge >= 0.3 is 20.4 Å². The molecular weight excluding hydrogens is 639 g/mol. The van der Waals surface area contributed by atoms with Crippen molar-refractivity contribution in [3.8, 4) is 10.6 Å². The molecule has 246 valence electrons. The van der Waals surface area contributed by atoms with Gasteiger partial charge in [-0.3, -0.25) is 19.7 Å². The first-order valence-corrected chi connectivity index (χ1v) is 17.5. The number of hydrogen-bond donors (Lipinski definition) is 6. The van der Waals surface area contributed by atoms with E-state index in [1.807, 2.05) is 81.4 Å². The molecule has 0 aliphatic rings. The number of primary amides is 1. The fraction of sp³-hybridized carbons (Fsp3) is 0.242. The van der Waals surface area contributed by atoms with Crippen LogP contribution in [0.5, 0.6) is 0 Å². The molecule has 0 bridgehead atoms. The maximum absolute atomic E-state index is 14.2. The van der Waals surface area contributed by atoms with Gasteiger partial charge in [-0.05, 0) is 39.7 Å². The van der Waals surface area contributed by atoms with E-state index in [9.17, 15) is 24.3 Å². The van der Waals surface area contributed by atoms with Crippen molar-refractivity contribution in [2.24, 2.45) is 5.73 Å². The molecule has 1 heterocycles. The van der Waals surface area contributed by atoms with Crippen molar-refractivity contribution in [3.63, 3.8) is 0 Å². The third kappa shape index (κ3) is 8.29. The number of hydrogen-bond acceptors (Lipinski definition) is 9. The highest BCUT2D eigenvalue weighted by Gasteiger charge is 2.53. The molecule has 4 aromatic rings. The van der Waals surface area contributed by atoms with E-state index in [0.717, 1.165) is 10.4 Å². The highest BCUT2D eigenvalue weighted by molar-refractivity contribution is 7.13. The summed E-state index contributed by atoms with van der Waals surface area (Å²) < 4.78 is 6.61.